The first-order valence-electron chi connectivity index (χ1n) is 6.18. The molecule has 1 aliphatic heterocycles. The highest BCUT2D eigenvalue weighted by molar-refractivity contribution is 5.70. The minimum absolute atomic E-state index is 0.619. The fourth-order valence-electron chi connectivity index (χ4n) is 2.31. The second kappa shape index (κ2) is 5.20. The van der Waals surface area contributed by atoms with Crippen molar-refractivity contribution >= 4 is 11.4 Å². The van der Waals surface area contributed by atoms with E-state index in [1.165, 1.54) is 0 Å². The average Bonchev–Trinajstić information content (AvgIpc) is 2.39. The molecule has 1 aliphatic rings. The molecule has 3 heteroatoms. The van der Waals surface area contributed by atoms with E-state index in [2.05, 4.69) is 34.6 Å². The summed E-state index contributed by atoms with van der Waals surface area (Å²) in [6.45, 7) is 15.9. The van der Waals surface area contributed by atoms with Crippen LogP contribution in [-0.2, 0) is 0 Å². The van der Waals surface area contributed by atoms with Gasteiger partial charge in [0, 0.05) is 37.9 Å². The van der Waals surface area contributed by atoms with E-state index in [1.54, 1.807) is 0 Å². The van der Waals surface area contributed by atoms with Crippen molar-refractivity contribution in [3.63, 3.8) is 0 Å². The van der Waals surface area contributed by atoms with Crippen LogP contribution in [0.1, 0.15) is 13.8 Å². The lowest BCUT2D eigenvalue weighted by molar-refractivity contribution is 0.209. The number of anilines is 1. The number of nitrogens with zero attached hydrogens (tertiary/aromatic N) is 3. The Labute approximate surface area is 103 Å². The smallest absolute Gasteiger partial charge is 0.209 e. The predicted octanol–water partition coefficient (Wildman–Crippen LogP) is 2.77. The van der Waals surface area contributed by atoms with Crippen molar-refractivity contribution in [2.24, 2.45) is 0 Å². The highest BCUT2D eigenvalue weighted by Gasteiger charge is 2.20. The Balaban J connectivity index is 2.08. The maximum Gasteiger partial charge on any atom is 0.209 e. The number of benzene rings is 1. The SMILES string of the molecule is [C-]#[N+]c1ccccc1N1CCN(C(C)C)CC1. The summed E-state index contributed by atoms with van der Waals surface area (Å²) in [6.07, 6.45) is 0. The molecule has 0 saturated carbocycles. The van der Waals surface area contributed by atoms with E-state index in [1.807, 2.05) is 18.2 Å². The minimum Gasteiger partial charge on any atom is -0.378 e. The molecule has 0 atom stereocenters. The Morgan fingerprint density at radius 2 is 1.76 bits per heavy atom. The van der Waals surface area contributed by atoms with Crippen LogP contribution in [0, 0.1) is 6.57 Å². The second-order valence-electron chi connectivity index (χ2n) is 4.72. The summed E-state index contributed by atoms with van der Waals surface area (Å²) in [7, 11) is 0. The van der Waals surface area contributed by atoms with Gasteiger partial charge in [0.1, 0.15) is 0 Å². The zero-order valence-corrected chi connectivity index (χ0v) is 10.6. The van der Waals surface area contributed by atoms with Crippen molar-refractivity contribution in [3.05, 3.63) is 35.7 Å². The predicted molar refractivity (Wildman–Crippen MR) is 71.6 cm³/mol. The summed E-state index contributed by atoms with van der Waals surface area (Å²) in [4.78, 5) is 8.40. The van der Waals surface area contributed by atoms with Crippen LogP contribution in [-0.4, -0.2) is 37.1 Å². The molecule has 0 aliphatic carbocycles. The van der Waals surface area contributed by atoms with Gasteiger partial charge in [0.25, 0.3) is 0 Å². The normalized spacial score (nSPS) is 17.2. The maximum atomic E-state index is 7.20. The molecule has 0 spiro atoms. The molecule has 0 amide bonds. The Morgan fingerprint density at radius 3 is 2.35 bits per heavy atom. The molecule has 2 rings (SSSR count). The summed E-state index contributed by atoms with van der Waals surface area (Å²) < 4.78 is 0. The van der Waals surface area contributed by atoms with Crippen LogP contribution in [0.3, 0.4) is 0 Å². The summed E-state index contributed by atoms with van der Waals surface area (Å²) >= 11 is 0. The number of hydrogen-bond acceptors (Lipinski definition) is 2. The molecule has 0 unspecified atom stereocenters. The summed E-state index contributed by atoms with van der Waals surface area (Å²) in [6, 6.07) is 8.52. The van der Waals surface area contributed by atoms with Gasteiger partial charge in [-0.2, -0.15) is 0 Å². The third-order valence-corrected chi connectivity index (χ3v) is 3.39. The minimum atomic E-state index is 0.619. The lowest BCUT2D eigenvalue weighted by Gasteiger charge is -2.38. The summed E-state index contributed by atoms with van der Waals surface area (Å²) in [5.74, 6) is 0. The lowest BCUT2D eigenvalue weighted by atomic mass is 10.2. The first kappa shape index (κ1) is 11.9. The molecule has 0 bridgehead atoms. The molecule has 3 nitrogen and oxygen atoms in total. The molecule has 1 aromatic carbocycles. The van der Waals surface area contributed by atoms with Crippen molar-refractivity contribution < 1.29 is 0 Å². The molecule has 90 valence electrons. The summed E-state index contributed by atoms with van der Waals surface area (Å²) in [5, 5.41) is 0. The van der Waals surface area contributed by atoms with Gasteiger partial charge >= 0.3 is 0 Å². The Hall–Kier alpha value is -1.53. The number of para-hydroxylation sites is 2. The first-order valence-corrected chi connectivity index (χ1v) is 6.18. The summed E-state index contributed by atoms with van der Waals surface area (Å²) in [5.41, 5.74) is 1.86. The Kier molecular flexibility index (Phi) is 3.65. The maximum absolute atomic E-state index is 7.20. The fourth-order valence-corrected chi connectivity index (χ4v) is 2.31. The van der Waals surface area contributed by atoms with E-state index in [4.69, 9.17) is 6.57 Å². The average molecular weight is 229 g/mol. The molecule has 1 aromatic rings. The van der Waals surface area contributed by atoms with E-state index < -0.39 is 0 Å². The Bertz CT molecular complexity index is 412. The van der Waals surface area contributed by atoms with Crippen molar-refractivity contribution in [2.45, 2.75) is 19.9 Å². The first-order chi connectivity index (χ1) is 8.22. The van der Waals surface area contributed by atoms with Gasteiger partial charge in [0.2, 0.25) is 5.69 Å². The van der Waals surface area contributed by atoms with Gasteiger partial charge in [0.05, 0.1) is 6.57 Å². The van der Waals surface area contributed by atoms with Crippen LogP contribution in [0.4, 0.5) is 11.4 Å². The topological polar surface area (TPSA) is 10.8 Å². The van der Waals surface area contributed by atoms with Gasteiger partial charge in [-0.15, -0.1) is 0 Å². The zero-order chi connectivity index (χ0) is 12.3. The molecular weight excluding hydrogens is 210 g/mol. The number of rotatable bonds is 2. The van der Waals surface area contributed by atoms with Gasteiger partial charge in [-0.25, -0.2) is 4.85 Å². The fraction of sp³-hybridized carbons (Fsp3) is 0.500. The van der Waals surface area contributed by atoms with Crippen LogP contribution >= 0.6 is 0 Å². The molecular formula is C14H19N3. The van der Waals surface area contributed by atoms with E-state index >= 15 is 0 Å². The van der Waals surface area contributed by atoms with Gasteiger partial charge < -0.3 is 4.90 Å². The highest BCUT2D eigenvalue weighted by atomic mass is 15.3. The van der Waals surface area contributed by atoms with Crippen molar-refractivity contribution in [2.75, 3.05) is 31.1 Å². The molecule has 1 heterocycles. The number of piperazine rings is 1. The van der Waals surface area contributed by atoms with Gasteiger partial charge in [-0.05, 0) is 19.9 Å². The van der Waals surface area contributed by atoms with E-state index in [9.17, 15) is 0 Å². The third-order valence-electron chi connectivity index (χ3n) is 3.39. The molecule has 0 N–H and O–H groups in total. The van der Waals surface area contributed by atoms with Gasteiger partial charge in [-0.3, -0.25) is 4.90 Å². The Morgan fingerprint density at radius 1 is 1.12 bits per heavy atom. The van der Waals surface area contributed by atoms with E-state index in [0.717, 1.165) is 37.6 Å². The van der Waals surface area contributed by atoms with Crippen LogP contribution in [0.2, 0.25) is 0 Å². The van der Waals surface area contributed by atoms with Crippen LogP contribution in [0.15, 0.2) is 24.3 Å². The van der Waals surface area contributed by atoms with E-state index in [0.29, 0.717) is 6.04 Å². The number of hydrogen-bond donors (Lipinski definition) is 0. The van der Waals surface area contributed by atoms with Crippen molar-refractivity contribution in [1.82, 2.24) is 4.90 Å². The van der Waals surface area contributed by atoms with Crippen molar-refractivity contribution in [1.29, 1.82) is 0 Å². The standard InChI is InChI=1S/C14H19N3/c1-12(2)16-8-10-17(11-9-16)14-7-5-4-6-13(14)15-3/h4-7,12H,8-11H2,1-2H3. The largest absolute Gasteiger partial charge is 0.378 e. The molecule has 0 aromatic heterocycles. The quantitative estimate of drug-likeness (QED) is 0.722. The molecule has 0 radical (unpaired) electrons. The molecule has 1 fully saturated rings. The zero-order valence-electron chi connectivity index (χ0n) is 10.6. The van der Waals surface area contributed by atoms with Crippen LogP contribution in [0.5, 0.6) is 0 Å². The second-order valence-corrected chi connectivity index (χ2v) is 4.72. The van der Waals surface area contributed by atoms with Crippen LogP contribution in [0.25, 0.3) is 4.85 Å². The molecule has 17 heavy (non-hydrogen) atoms. The molecule has 1 saturated heterocycles. The van der Waals surface area contributed by atoms with Gasteiger partial charge in [0.15, 0.2) is 0 Å². The lowest BCUT2D eigenvalue weighted by Crippen LogP contribution is -2.48. The van der Waals surface area contributed by atoms with Crippen LogP contribution < -0.4 is 4.90 Å². The van der Waals surface area contributed by atoms with E-state index in [-0.39, 0.29) is 0 Å². The monoisotopic (exact) mass is 229 g/mol. The third kappa shape index (κ3) is 2.59. The van der Waals surface area contributed by atoms with Gasteiger partial charge in [-0.1, -0.05) is 18.2 Å². The van der Waals surface area contributed by atoms with Crippen molar-refractivity contribution in [3.8, 4) is 0 Å². The highest BCUT2D eigenvalue weighted by Crippen LogP contribution is 2.29.